The van der Waals surface area contributed by atoms with Crippen LogP contribution in [0.2, 0.25) is 0 Å². The molecule has 0 N–H and O–H groups in total. The van der Waals surface area contributed by atoms with Gasteiger partial charge in [-0.05, 0) is 78.5 Å². The Hall–Kier alpha value is -2.60. The molecule has 30 heavy (non-hydrogen) atoms. The second-order valence-electron chi connectivity index (χ2n) is 8.59. The van der Waals surface area contributed by atoms with Crippen LogP contribution in [0.3, 0.4) is 0 Å². The minimum Gasteiger partial charge on any atom is -0.427 e. The summed E-state index contributed by atoms with van der Waals surface area (Å²) in [6.45, 7) is 4.56. The summed E-state index contributed by atoms with van der Waals surface area (Å²) in [4.78, 5) is 12.4. The van der Waals surface area contributed by atoms with Crippen LogP contribution in [-0.4, -0.2) is 5.97 Å². The Balaban J connectivity index is 1.70. The fourth-order valence-corrected chi connectivity index (χ4v) is 4.56. The number of nitrogens with zero attached hydrogens (tertiary/aromatic N) is 1. The Morgan fingerprint density at radius 2 is 1.87 bits per heavy atom. The third kappa shape index (κ3) is 5.95. The van der Waals surface area contributed by atoms with E-state index in [1.807, 2.05) is 0 Å². The van der Waals surface area contributed by atoms with Gasteiger partial charge in [-0.2, -0.15) is 5.26 Å². The quantitative estimate of drug-likeness (QED) is 0.350. The molecule has 1 aliphatic carbocycles. The first kappa shape index (κ1) is 22.1. The van der Waals surface area contributed by atoms with Gasteiger partial charge in [0.1, 0.15) is 5.75 Å². The number of nitriles is 1. The van der Waals surface area contributed by atoms with Crippen LogP contribution in [0.1, 0.15) is 99.3 Å². The predicted octanol–water partition coefficient (Wildman–Crippen LogP) is 7.05. The maximum atomic E-state index is 12.4. The molecule has 0 amide bonds. The van der Waals surface area contributed by atoms with Gasteiger partial charge in [-0.3, -0.25) is 4.79 Å². The van der Waals surface area contributed by atoms with Crippen LogP contribution in [-0.2, 0) is 11.2 Å². The van der Waals surface area contributed by atoms with Crippen molar-refractivity contribution in [2.45, 2.75) is 83.5 Å². The van der Waals surface area contributed by atoms with E-state index in [0.717, 1.165) is 0 Å². The first-order valence-corrected chi connectivity index (χ1v) is 11.4. The molecule has 0 radical (unpaired) electrons. The van der Waals surface area contributed by atoms with E-state index < -0.39 is 0 Å². The fraction of sp³-hybridized carbons (Fsp3) is 0.481. The van der Waals surface area contributed by atoms with E-state index in [1.165, 1.54) is 61.6 Å². The number of hydrogen-bond acceptors (Lipinski definition) is 3. The number of ether oxygens (including phenoxy) is 1. The monoisotopic (exact) mass is 403 g/mol. The zero-order valence-corrected chi connectivity index (χ0v) is 18.3. The third-order valence-electron chi connectivity index (χ3n) is 6.32. The first-order valence-electron chi connectivity index (χ1n) is 11.4. The van der Waals surface area contributed by atoms with E-state index in [4.69, 9.17) is 10.00 Å². The van der Waals surface area contributed by atoms with Crippen molar-refractivity contribution in [2.24, 2.45) is 0 Å². The van der Waals surface area contributed by atoms with E-state index in [-0.39, 0.29) is 5.97 Å². The summed E-state index contributed by atoms with van der Waals surface area (Å²) in [6.07, 6.45) is 9.95. The van der Waals surface area contributed by atoms with Gasteiger partial charge in [0.2, 0.25) is 0 Å². The molecule has 158 valence electrons. The molecule has 1 atom stereocenters. The van der Waals surface area contributed by atoms with Crippen molar-refractivity contribution in [3.8, 4) is 11.8 Å². The van der Waals surface area contributed by atoms with Crippen molar-refractivity contribution in [3.05, 3.63) is 64.7 Å². The largest absolute Gasteiger partial charge is 0.427 e. The average molecular weight is 404 g/mol. The van der Waals surface area contributed by atoms with Crippen LogP contribution in [0.5, 0.6) is 5.75 Å². The molecule has 2 aromatic carbocycles. The number of rotatable bonds is 8. The molecule has 0 bridgehead atoms. The van der Waals surface area contributed by atoms with Crippen LogP contribution in [0, 0.1) is 11.3 Å². The standard InChI is InChI=1S/C27H33NO2/c1-3-7-20(2)24-13-12-23(26(18-24)22-8-5-4-6-9-22)14-17-27(29)30-25-15-10-21(19-28)11-16-25/h10-13,15-16,18,20,22H,3-9,14,17H2,1-2H3. The second kappa shape index (κ2) is 11.0. The zero-order valence-electron chi connectivity index (χ0n) is 18.3. The van der Waals surface area contributed by atoms with Gasteiger partial charge in [-0.25, -0.2) is 0 Å². The lowest BCUT2D eigenvalue weighted by atomic mass is 9.79. The molecule has 0 saturated heterocycles. The normalized spacial score (nSPS) is 15.4. The molecular formula is C27H33NO2. The lowest BCUT2D eigenvalue weighted by Crippen LogP contribution is -2.12. The molecule has 1 unspecified atom stereocenters. The van der Waals surface area contributed by atoms with Gasteiger partial charge in [-0.1, -0.05) is 57.7 Å². The van der Waals surface area contributed by atoms with E-state index in [2.05, 4.69) is 38.1 Å². The molecule has 3 rings (SSSR count). The minimum atomic E-state index is -0.224. The summed E-state index contributed by atoms with van der Waals surface area (Å²) in [6, 6.07) is 15.7. The van der Waals surface area contributed by atoms with Crippen molar-refractivity contribution in [2.75, 3.05) is 0 Å². The van der Waals surface area contributed by atoms with Crippen molar-refractivity contribution in [1.29, 1.82) is 5.26 Å². The molecule has 0 aliphatic heterocycles. The number of aryl methyl sites for hydroxylation is 1. The maximum Gasteiger partial charge on any atom is 0.311 e. The van der Waals surface area contributed by atoms with Crippen molar-refractivity contribution >= 4 is 5.97 Å². The summed E-state index contributed by atoms with van der Waals surface area (Å²) in [5, 5.41) is 8.88. The number of hydrogen-bond donors (Lipinski definition) is 0. The van der Waals surface area contributed by atoms with Gasteiger partial charge < -0.3 is 4.74 Å². The summed E-state index contributed by atoms with van der Waals surface area (Å²) in [7, 11) is 0. The number of esters is 1. The highest BCUT2D eigenvalue weighted by Gasteiger charge is 2.20. The minimum absolute atomic E-state index is 0.224. The average Bonchev–Trinajstić information content (AvgIpc) is 2.79. The molecule has 0 heterocycles. The second-order valence-corrected chi connectivity index (χ2v) is 8.59. The maximum absolute atomic E-state index is 12.4. The van der Waals surface area contributed by atoms with Gasteiger partial charge in [0.25, 0.3) is 0 Å². The van der Waals surface area contributed by atoms with Crippen molar-refractivity contribution in [1.82, 2.24) is 0 Å². The Bertz CT molecular complexity index is 873. The summed E-state index contributed by atoms with van der Waals surface area (Å²) in [5.41, 5.74) is 4.75. The molecule has 1 saturated carbocycles. The van der Waals surface area contributed by atoms with Gasteiger partial charge >= 0.3 is 5.97 Å². The Labute approximate surface area is 181 Å². The summed E-state index contributed by atoms with van der Waals surface area (Å²) in [5.74, 6) is 1.47. The van der Waals surface area contributed by atoms with Gasteiger partial charge in [0.05, 0.1) is 11.6 Å². The molecular weight excluding hydrogens is 370 g/mol. The summed E-state index contributed by atoms with van der Waals surface area (Å²) >= 11 is 0. The molecule has 3 heteroatoms. The van der Waals surface area contributed by atoms with Crippen LogP contribution in [0.15, 0.2) is 42.5 Å². The predicted molar refractivity (Wildman–Crippen MR) is 121 cm³/mol. The Morgan fingerprint density at radius 1 is 1.13 bits per heavy atom. The van der Waals surface area contributed by atoms with Crippen LogP contribution in [0.4, 0.5) is 0 Å². The molecule has 1 aliphatic rings. The third-order valence-corrected chi connectivity index (χ3v) is 6.32. The first-order chi connectivity index (χ1) is 14.6. The number of carbonyl (C=O) groups is 1. The lowest BCUT2D eigenvalue weighted by molar-refractivity contribution is -0.134. The molecule has 0 aromatic heterocycles. The lowest BCUT2D eigenvalue weighted by Gasteiger charge is -2.26. The topological polar surface area (TPSA) is 50.1 Å². The number of carbonyl (C=O) groups excluding carboxylic acids is 1. The smallest absolute Gasteiger partial charge is 0.311 e. The summed E-state index contributed by atoms with van der Waals surface area (Å²) < 4.78 is 5.47. The van der Waals surface area contributed by atoms with Crippen molar-refractivity contribution < 1.29 is 9.53 Å². The highest BCUT2D eigenvalue weighted by molar-refractivity contribution is 5.72. The van der Waals surface area contributed by atoms with Gasteiger partial charge in [0.15, 0.2) is 0 Å². The van der Waals surface area contributed by atoms with E-state index in [0.29, 0.717) is 36.0 Å². The SMILES string of the molecule is CCCC(C)c1ccc(CCC(=O)Oc2ccc(C#N)cc2)c(C2CCCCC2)c1. The molecule has 1 fully saturated rings. The molecule has 3 nitrogen and oxygen atoms in total. The van der Waals surface area contributed by atoms with Gasteiger partial charge in [0, 0.05) is 6.42 Å². The molecule has 0 spiro atoms. The highest BCUT2D eigenvalue weighted by Crippen LogP contribution is 2.36. The van der Waals surface area contributed by atoms with Crippen LogP contribution < -0.4 is 4.74 Å². The number of benzene rings is 2. The van der Waals surface area contributed by atoms with Crippen molar-refractivity contribution in [3.63, 3.8) is 0 Å². The molecule has 2 aromatic rings. The van der Waals surface area contributed by atoms with Crippen LogP contribution in [0.25, 0.3) is 0 Å². The Kier molecular flexibility index (Phi) is 8.08. The van der Waals surface area contributed by atoms with E-state index in [1.54, 1.807) is 24.3 Å². The van der Waals surface area contributed by atoms with E-state index >= 15 is 0 Å². The van der Waals surface area contributed by atoms with Crippen LogP contribution >= 0.6 is 0 Å². The van der Waals surface area contributed by atoms with E-state index in [9.17, 15) is 4.79 Å². The Morgan fingerprint density at radius 3 is 2.53 bits per heavy atom. The zero-order chi connectivity index (χ0) is 21.3. The highest BCUT2D eigenvalue weighted by atomic mass is 16.5. The van der Waals surface area contributed by atoms with Gasteiger partial charge in [-0.15, -0.1) is 0 Å². The fourth-order valence-electron chi connectivity index (χ4n) is 4.56.